The third-order valence-electron chi connectivity index (χ3n) is 8.28. The second-order valence-electron chi connectivity index (χ2n) is 10.3. The molecule has 9 heteroatoms. The molecule has 1 aromatic heterocycles. The Morgan fingerprint density at radius 3 is 2.24 bits per heavy atom. The molecule has 5 rings (SSSR count). The van der Waals surface area contributed by atoms with Crippen LogP contribution in [0.3, 0.4) is 0 Å². The molecule has 2 fully saturated rings. The van der Waals surface area contributed by atoms with Gasteiger partial charge >= 0.3 is 5.97 Å². The monoisotopic (exact) mass is 522 g/mol. The van der Waals surface area contributed by atoms with Crippen molar-refractivity contribution in [2.24, 2.45) is 0 Å². The molecule has 2 atom stereocenters. The van der Waals surface area contributed by atoms with Gasteiger partial charge in [-0.05, 0) is 62.1 Å². The van der Waals surface area contributed by atoms with Crippen LogP contribution in [-0.2, 0) is 31.5 Å². The lowest BCUT2D eigenvalue weighted by atomic mass is 9.68. The molecular formula is C28H34N4O4S. The maximum atomic E-state index is 13.6. The van der Waals surface area contributed by atoms with Gasteiger partial charge in [0.1, 0.15) is 17.9 Å². The molecule has 1 unspecified atom stereocenters. The maximum absolute atomic E-state index is 13.6. The molecule has 0 amide bonds. The highest BCUT2D eigenvalue weighted by Gasteiger charge is 2.45. The number of benzene rings is 2. The van der Waals surface area contributed by atoms with Crippen molar-refractivity contribution in [1.82, 2.24) is 19.1 Å². The maximum Gasteiger partial charge on any atom is 0.316 e. The first-order valence-corrected chi connectivity index (χ1v) is 14.4. The van der Waals surface area contributed by atoms with Crippen molar-refractivity contribution >= 4 is 16.0 Å². The van der Waals surface area contributed by atoms with Gasteiger partial charge in [0.05, 0.1) is 12.5 Å². The topological polar surface area (TPSA) is 94.4 Å². The summed E-state index contributed by atoms with van der Waals surface area (Å²) >= 11 is 0. The molecule has 0 N–H and O–H groups in total. The third kappa shape index (κ3) is 4.82. The zero-order chi connectivity index (χ0) is 26.0. The van der Waals surface area contributed by atoms with E-state index in [1.165, 1.54) is 7.11 Å². The van der Waals surface area contributed by atoms with E-state index < -0.39 is 20.7 Å². The summed E-state index contributed by atoms with van der Waals surface area (Å²) in [6.07, 6.45) is 7.86. The molecule has 8 nitrogen and oxygen atoms in total. The Bertz CT molecular complexity index is 1300. The van der Waals surface area contributed by atoms with Gasteiger partial charge in [-0.2, -0.15) is 4.31 Å². The molecule has 1 aliphatic heterocycles. The quantitative estimate of drug-likeness (QED) is 0.441. The van der Waals surface area contributed by atoms with Crippen LogP contribution in [0.25, 0.3) is 0 Å². The van der Waals surface area contributed by atoms with Crippen LogP contribution in [-0.4, -0.2) is 46.6 Å². The van der Waals surface area contributed by atoms with Crippen molar-refractivity contribution < 1.29 is 17.9 Å². The standard InChI is InChI=1S/C28H34N4O4S/c1-21-8-13-26(23-6-4-3-5-7-23)37(34,35)32(21)18-22-9-11-24(12-10-22)28(27(33)36-2)16-14-25(15-17-28)31-19-29-30-20-31/h3-7,9-12,19-21,25-26H,8,13-18H2,1-2H3/t21-,25?,26?,28?/m0/s1. The predicted octanol–water partition coefficient (Wildman–Crippen LogP) is 4.56. The molecule has 1 saturated heterocycles. The molecule has 2 aromatic carbocycles. The number of sulfonamides is 1. The fourth-order valence-corrected chi connectivity index (χ4v) is 8.26. The van der Waals surface area contributed by atoms with E-state index >= 15 is 0 Å². The normalized spacial score (nSPS) is 28.0. The van der Waals surface area contributed by atoms with Gasteiger partial charge in [-0.25, -0.2) is 8.42 Å². The summed E-state index contributed by atoms with van der Waals surface area (Å²) < 4.78 is 36.1. The lowest BCUT2D eigenvalue weighted by molar-refractivity contribution is -0.149. The van der Waals surface area contributed by atoms with Gasteiger partial charge in [0, 0.05) is 18.6 Å². The molecule has 2 aliphatic rings. The van der Waals surface area contributed by atoms with Crippen molar-refractivity contribution in [3.05, 3.63) is 83.9 Å². The lowest BCUT2D eigenvalue weighted by Gasteiger charge is -2.39. The van der Waals surface area contributed by atoms with Gasteiger partial charge in [0.2, 0.25) is 10.0 Å². The van der Waals surface area contributed by atoms with E-state index in [-0.39, 0.29) is 18.1 Å². The average Bonchev–Trinajstić information content (AvgIpc) is 3.46. The Morgan fingerprint density at radius 2 is 1.62 bits per heavy atom. The molecular weight excluding hydrogens is 488 g/mol. The first-order valence-electron chi connectivity index (χ1n) is 12.9. The van der Waals surface area contributed by atoms with Crippen LogP contribution in [0.2, 0.25) is 0 Å². The Labute approximate surface area is 218 Å². The van der Waals surface area contributed by atoms with Gasteiger partial charge in [-0.15, -0.1) is 10.2 Å². The van der Waals surface area contributed by atoms with Crippen LogP contribution in [0.15, 0.2) is 67.3 Å². The summed E-state index contributed by atoms with van der Waals surface area (Å²) in [7, 11) is -2.07. The molecule has 3 aromatic rings. The van der Waals surface area contributed by atoms with Gasteiger partial charge in [-0.1, -0.05) is 54.6 Å². The average molecular weight is 523 g/mol. The highest BCUT2D eigenvalue weighted by molar-refractivity contribution is 7.89. The van der Waals surface area contributed by atoms with Gasteiger partial charge in [0.25, 0.3) is 0 Å². The van der Waals surface area contributed by atoms with Crippen LogP contribution in [0.4, 0.5) is 0 Å². The van der Waals surface area contributed by atoms with Crippen LogP contribution < -0.4 is 0 Å². The smallest absolute Gasteiger partial charge is 0.316 e. The molecule has 196 valence electrons. The fraction of sp³-hybridized carbons (Fsp3) is 0.464. The Kier molecular flexibility index (Phi) is 7.18. The largest absolute Gasteiger partial charge is 0.468 e. The van der Waals surface area contributed by atoms with Crippen molar-refractivity contribution in [3.8, 4) is 0 Å². The first-order chi connectivity index (χ1) is 17.8. The Morgan fingerprint density at radius 1 is 0.973 bits per heavy atom. The molecule has 1 saturated carbocycles. The summed E-state index contributed by atoms with van der Waals surface area (Å²) in [4.78, 5) is 13.0. The molecule has 0 bridgehead atoms. The van der Waals surface area contributed by atoms with E-state index in [1.54, 1.807) is 17.0 Å². The SMILES string of the molecule is COC(=O)C1(c2ccc(CN3[C@@H](C)CCC(c4ccccc4)S3(=O)=O)cc2)CCC(n2cnnc2)CC1. The van der Waals surface area contributed by atoms with E-state index in [2.05, 4.69) is 10.2 Å². The minimum Gasteiger partial charge on any atom is -0.468 e. The van der Waals surface area contributed by atoms with Crippen molar-refractivity contribution in [2.75, 3.05) is 7.11 Å². The number of ether oxygens (including phenoxy) is 1. The van der Waals surface area contributed by atoms with Crippen molar-refractivity contribution in [2.45, 2.75) is 74.7 Å². The summed E-state index contributed by atoms with van der Waals surface area (Å²) in [6, 6.07) is 17.5. The third-order valence-corrected chi connectivity index (χ3v) is 10.7. The van der Waals surface area contributed by atoms with Gasteiger partial charge in [-0.3, -0.25) is 4.79 Å². The second-order valence-corrected chi connectivity index (χ2v) is 12.4. The van der Waals surface area contributed by atoms with E-state index in [0.29, 0.717) is 25.8 Å². The van der Waals surface area contributed by atoms with Crippen molar-refractivity contribution in [1.29, 1.82) is 0 Å². The lowest BCUT2D eigenvalue weighted by Crippen LogP contribution is -2.44. The molecule has 0 radical (unpaired) electrons. The van der Waals surface area contributed by atoms with Crippen molar-refractivity contribution in [3.63, 3.8) is 0 Å². The fourth-order valence-electron chi connectivity index (χ4n) is 6.06. The van der Waals surface area contributed by atoms with Crippen LogP contribution >= 0.6 is 0 Å². The van der Waals surface area contributed by atoms with E-state index in [0.717, 1.165) is 36.0 Å². The molecule has 0 spiro atoms. The van der Waals surface area contributed by atoms with E-state index in [9.17, 15) is 13.2 Å². The zero-order valence-corrected chi connectivity index (χ0v) is 22.2. The number of nitrogens with zero attached hydrogens (tertiary/aromatic N) is 4. The van der Waals surface area contributed by atoms with Crippen LogP contribution in [0.1, 0.15) is 73.4 Å². The van der Waals surface area contributed by atoms with Crippen LogP contribution in [0, 0.1) is 0 Å². The predicted molar refractivity (Wildman–Crippen MR) is 140 cm³/mol. The Balaban J connectivity index is 1.35. The number of rotatable bonds is 6. The number of carbonyl (C=O) groups excluding carboxylic acids is 1. The minimum absolute atomic E-state index is 0.0704. The molecule has 2 heterocycles. The number of hydrogen-bond acceptors (Lipinski definition) is 6. The minimum atomic E-state index is -3.51. The summed E-state index contributed by atoms with van der Waals surface area (Å²) in [5.41, 5.74) is 1.96. The molecule has 1 aliphatic carbocycles. The number of aromatic nitrogens is 3. The number of methoxy groups -OCH3 is 1. The first kappa shape index (κ1) is 25.6. The Hall–Kier alpha value is -3.04. The number of esters is 1. The second kappa shape index (κ2) is 10.4. The summed E-state index contributed by atoms with van der Waals surface area (Å²) in [5.74, 6) is -0.222. The van der Waals surface area contributed by atoms with Crippen LogP contribution in [0.5, 0.6) is 0 Å². The summed E-state index contributed by atoms with van der Waals surface area (Å²) in [5, 5.41) is 7.30. The molecule has 37 heavy (non-hydrogen) atoms. The number of carbonyl (C=O) groups is 1. The van der Waals surface area contributed by atoms with Gasteiger partial charge in [0.15, 0.2) is 0 Å². The zero-order valence-electron chi connectivity index (χ0n) is 21.4. The van der Waals surface area contributed by atoms with E-state index in [1.807, 2.05) is 66.1 Å². The highest BCUT2D eigenvalue weighted by atomic mass is 32.2. The van der Waals surface area contributed by atoms with E-state index in [4.69, 9.17) is 4.74 Å². The number of hydrogen-bond donors (Lipinski definition) is 0. The highest BCUT2D eigenvalue weighted by Crippen LogP contribution is 2.44. The summed E-state index contributed by atoms with van der Waals surface area (Å²) in [6.45, 7) is 2.29. The van der Waals surface area contributed by atoms with Gasteiger partial charge < -0.3 is 9.30 Å².